The molecule has 0 aliphatic carbocycles. The van der Waals surface area contributed by atoms with Gasteiger partial charge in [0, 0.05) is 6.42 Å². The molecule has 1 atom stereocenters. The van der Waals surface area contributed by atoms with Crippen molar-refractivity contribution in [1.82, 2.24) is 0 Å². The van der Waals surface area contributed by atoms with Crippen LogP contribution in [0.2, 0.25) is 0 Å². The van der Waals surface area contributed by atoms with Crippen LogP contribution in [0.1, 0.15) is 196 Å². The minimum atomic E-state index is -4.72. The average Bonchev–Trinajstić information content (AvgIpc) is 3.04. The number of hydrogen-bond donors (Lipinski definition) is 0. The maximum atomic E-state index is 13.0. The van der Waals surface area contributed by atoms with Gasteiger partial charge >= 0.3 is 57.6 Å². The number of allylic oxidation sites excluding steroid dienone is 2. The van der Waals surface area contributed by atoms with Crippen LogP contribution in [0.3, 0.4) is 0 Å². The van der Waals surface area contributed by atoms with Crippen molar-refractivity contribution in [1.29, 1.82) is 0 Å². The quantitative estimate of drug-likeness (QED) is 0.0221. The van der Waals surface area contributed by atoms with Crippen molar-refractivity contribution >= 4 is 28.0 Å². The Labute approximate surface area is 318 Å². The van der Waals surface area contributed by atoms with Gasteiger partial charge in [-0.25, -0.2) is 0 Å². The van der Waals surface area contributed by atoms with E-state index in [4.69, 9.17) is 13.7 Å². The first-order chi connectivity index (χ1) is 22.8. The van der Waals surface area contributed by atoms with Crippen molar-refractivity contribution in [2.45, 2.75) is 199 Å². The van der Waals surface area contributed by atoms with Gasteiger partial charge in [0.15, 0.2) is 0 Å². The van der Waals surface area contributed by atoms with E-state index in [1.54, 1.807) is 0 Å². The summed E-state index contributed by atoms with van der Waals surface area (Å²) in [6.07, 6.45) is 30.0. The Morgan fingerprint density at radius 2 is 0.938 bits per heavy atom. The Hall–Kier alpha value is -0.900. The molecule has 0 rings (SSSR count). The fourth-order valence-electron chi connectivity index (χ4n) is 5.30. The van der Waals surface area contributed by atoms with Crippen LogP contribution in [0, 0.1) is 0 Å². The third-order valence-electron chi connectivity index (χ3n) is 8.32. The molecule has 0 heterocycles. The average molecular weight is 711 g/mol. The fourth-order valence-corrected chi connectivity index (χ4v) is 6.40. The minimum absolute atomic E-state index is 0. The maximum Gasteiger partial charge on any atom is 1.00 e. The molecule has 0 bridgehead atoms. The third-order valence-corrected chi connectivity index (χ3v) is 9.79. The Morgan fingerprint density at radius 3 is 1.42 bits per heavy atom. The zero-order chi connectivity index (χ0) is 34.9. The molecule has 0 saturated heterocycles. The van der Waals surface area contributed by atoms with Gasteiger partial charge in [-0.1, -0.05) is 148 Å². The van der Waals surface area contributed by atoms with Gasteiger partial charge in [-0.05, 0) is 44.9 Å². The standard InChI is InChI=1S/C38H70O8S.Na.H/c1-4-7-10-13-16-17-18-19-20-21-22-23-24-25-28-31-36(39)46-47(42,43)35(38(41)45-33-30-27-15-12-9-6-3)34-37(40)44-32-29-26-14-11-8-5-2;;/h19-20,35H,4-18,21-34H2,1-3H3;;/q;+1;-1/b20-19-;;. The van der Waals surface area contributed by atoms with Gasteiger partial charge in [-0.3, -0.25) is 14.4 Å². The largest absolute Gasteiger partial charge is 1.00 e. The molecule has 278 valence electrons. The molecule has 0 N–H and O–H groups in total. The van der Waals surface area contributed by atoms with Gasteiger partial charge in [-0.2, -0.15) is 8.42 Å². The summed E-state index contributed by atoms with van der Waals surface area (Å²) in [6.45, 7) is 6.71. The summed E-state index contributed by atoms with van der Waals surface area (Å²) >= 11 is 0. The summed E-state index contributed by atoms with van der Waals surface area (Å²) in [5.41, 5.74) is 0. The van der Waals surface area contributed by atoms with Gasteiger partial charge in [0.25, 0.3) is 0 Å². The van der Waals surface area contributed by atoms with Crippen molar-refractivity contribution in [3.8, 4) is 0 Å². The van der Waals surface area contributed by atoms with Crippen molar-refractivity contribution in [2.75, 3.05) is 13.2 Å². The SMILES string of the molecule is CCCCCCCC/C=C\CCCCCCCC(=O)OS(=O)(=O)C(CC(=O)OCCCCCCCC)C(=O)OCCCCCCCC.[H-].[Na+]. The zero-order valence-corrected chi connectivity index (χ0v) is 34.2. The predicted molar refractivity (Wildman–Crippen MR) is 193 cm³/mol. The molecule has 0 saturated carbocycles. The van der Waals surface area contributed by atoms with Crippen LogP contribution in [0.25, 0.3) is 0 Å². The first kappa shape index (κ1) is 49.2. The molecule has 10 heteroatoms. The van der Waals surface area contributed by atoms with E-state index in [0.717, 1.165) is 103 Å². The van der Waals surface area contributed by atoms with Crippen molar-refractivity contribution in [3.05, 3.63) is 12.2 Å². The van der Waals surface area contributed by atoms with Crippen LogP contribution < -0.4 is 29.6 Å². The minimum Gasteiger partial charge on any atom is -1.00 e. The van der Waals surface area contributed by atoms with Crippen molar-refractivity contribution in [2.24, 2.45) is 0 Å². The molecule has 0 fully saturated rings. The predicted octanol–water partition coefficient (Wildman–Crippen LogP) is 7.58. The van der Waals surface area contributed by atoms with Gasteiger partial charge in [0.2, 0.25) is 5.25 Å². The van der Waals surface area contributed by atoms with E-state index < -0.39 is 39.7 Å². The number of carbonyl (C=O) groups excluding carboxylic acids is 3. The summed E-state index contributed by atoms with van der Waals surface area (Å²) in [4.78, 5) is 37.7. The molecule has 0 aromatic rings. The first-order valence-electron chi connectivity index (χ1n) is 19.2. The topological polar surface area (TPSA) is 113 Å². The van der Waals surface area contributed by atoms with Gasteiger partial charge in [0.1, 0.15) is 0 Å². The van der Waals surface area contributed by atoms with E-state index in [1.165, 1.54) is 38.5 Å². The van der Waals surface area contributed by atoms with E-state index in [2.05, 4.69) is 32.9 Å². The van der Waals surface area contributed by atoms with Crippen molar-refractivity contribution < 1.29 is 67.4 Å². The number of rotatable bonds is 34. The third kappa shape index (κ3) is 31.1. The van der Waals surface area contributed by atoms with E-state index in [9.17, 15) is 22.8 Å². The smallest absolute Gasteiger partial charge is 1.00 e. The molecular weight excluding hydrogens is 639 g/mol. The van der Waals surface area contributed by atoms with Gasteiger partial charge < -0.3 is 15.1 Å². The second kappa shape index (κ2) is 35.9. The number of carbonyl (C=O) groups is 3. The summed E-state index contributed by atoms with van der Waals surface area (Å²) < 4.78 is 41.3. The molecule has 0 spiro atoms. The normalized spacial score (nSPS) is 12.1. The van der Waals surface area contributed by atoms with Crippen LogP contribution in [-0.2, 0) is 38.2 Å². The second-order valence-corrected chi connectivity index (χ2v) is 14.6. The van der Waals surface area contributed by atoms with Crippen LogP contribution in [0.15, 0.2) is 12.2 Å². The van der Waals surface area contributed by atoms with E-state index in [0.29, 0.717) is 19.3 Å². The second-order valence-electron chi connectivity index (χ2n) is 12.9. The molecule has 1 unspecified atom stereocenters. The molecule has 0 aliphatic heterocycles. The molecule has 0 aromatic carbocycles. The Kier molecular flexibility index (Phi) is 36.8. The van der Waals surface area contributed by atoms with Crippen LogP contribution >= 0.6 is 0 Å². The number of hydrogen-bond acceptors (Lipinski definition) is 8. The summed E-state index contributed by atoms with van der Waals surface area (Å²) in [7, 11) is -4.72. The number of unbranched alkanes of at least 4 members (excludes halogenated alkanes) is 21. The van der Waals surface area contributed by atoms with Crippen LogP contribution in [0.4, 0.5) is 0 Å². The molecule has 0 radical (unpaired) electrons. The monoisotopic (exact) mass is 710 g/mol. The number of esters is 2. The van der Waals surface area contributed by atoms with Crippen LogP contribution in [0.5, 0.6) is 0 Å². The van der Waals surface area contributed by atoms with E-state index in [-0.39, 0.29) is 50.6 Å². The molecule has 0 amide bonds. The van der Waals surface area contributed by atoms with E-state index >= 15 is 0 Å². The Balaban J connectivity index is -0.0000106. The van der Waals surface area contributed by atoms with Gasteiger partial charge in [-0.15, -0.1) is 0 Å². The Morgan fingerprint density at radius 1 is 0.542 bits per heavy atom. The van der Waals surface area contributed by atoms with Crippen molar-refractivity contribution in [3.63, 3.8) is 0 Å². The molecule has 0 aromatic heterocycles. The summed E-state index contributed by atoms with van der Waals surface area (Å²) in [5.74, 6) is -2.82. The summed E-state index contributed by atoms with van der Waals surface area (Å²) in [6, 6.07) is 0. The zero-order valence-electron chi connectivity index (χ0n) is 32.4. The molecule has 48 heavy (non-hydrogen) atoms. The molecule has 0 aliphatic rings. The van der Waals surface area contributed by atoms with Crippen LogP contribution in [-0.4, -0.2) is 44.8 Å². The first-order valence-corrected chi connectivity index (χ1v) is 20.7. The molecular formula is C38H71NaO8S. The fraction of sp³-hybridized carbons (Fsp3) is 0.868. The number of ether oxygens (including phenoxy) is 2. The summed E-state index contributed by atoms with van der Waals surface area (Å²) in [5, 5.41) is -1.93. The van der Waals surface area contributed by atoms with Gasteiger partial charge in [0.05, 0.1) is 19.6 Å². The van der Waals surface area contributed by atoms with E-state index in [1.807, 2.05) is 0 Å². The molecule has 8 nitrogen and oxygen atoms in total. The maximum absolute atomic E-state index is 13.0. The Bertz CT molecular complexity index is 913.